The zero-order chi connectivity index (χ0) is 11.5. The topological polar surface area (TPSA) is 38.0 Å². The van der Waals surface area contributed by atoms with Crippen LogP contribution in [0.15, 0.2) is 30.5 Å². The number of aromatic nitrogens is 2. The highest BCUT2D eigenvalue weighted by Gasteiger charge is 2.09. The van der Waals surface area contributed by atoms with Crippen molar-refractivity contribution in [2.75, 3.05) is 0 Å². The van der Waals surface area contributed by atoms with Crippen molar-refractivity contribution < 1.29 is 9.50 Å². The minimum absolute atomic E-state index is 0.0575. The molecule has 3 nitrogen and oxygen atoms in total. The highest BCUT2D eigenvalue weighted by atomic mass is 19.1. The Kier molecular flexibility index (Phi) is 2.90. The summed E-state index contributed by atoms with van der Waals surface area (Å²) in [6, 6.07) is 5.81. The molecule has 0 unspecified atom stereocenters. The second kappa shape index (κ2) is 4.35. The van der Waals surface area contributed by atoms with E-state index in [0.717, 1.165) is 24.7 Å². The van der Waals surface area contributed by atoms with Crippen LogP contribution in [0.5, 0.6) is 5.75 Å². The highest BCUT2D eigenvalue weighted by Crippen LogP contribution is 2.29. The van der Waals surface area contributed by atoms with Gasteiger partial charge in [-0.3, -0.25) is 4.68 Å². The first-order valence-corrected chi connectivity index (χ1v) is 5.23. The van der Waals surface area contributed by atoms with Crippen molar-refractivity contribution in [3.63, 3.8) is 0 Å². The third-order valence-electron chi connectivity index (χ3n) is 2.39. The zero-order valence-corrected chi connectivity index (χ0v) is 9.02. The summed E-state index contributed by atoms with van der Waals surface area (Å²) < 4.78 is 14.7. The van der Waals surface area contributed by atoms with E-state index < -0.39 is 5.82 Å². The van der Waals surface area contributed by atoms with Crippen LogP contribution in [-0.2, 0) is 6.54 Å². The average Bonchev–Trinajstić information content (AvgIpc) is 2.67. The number of phenols is 1. The van der Waals surface area contributed by atoms with Crippen LogP contribution in [0.3, 0.4) is 0 Å². The molecule has 84 valence electrons. The number of halogens is 1. The molecule has 0 amide bonds. The molecule has 1 aromatic carbocycles. The molecule has 0 saturated heterocycles. The summed E-state index contributed by atoms with van der Waals surface area (Å²) in [5.74, 6) is -0.499. The Morgan fingerprint density at radius 2 is 2.19 bits per heavy atom. The van der Waals surface area contributed by atoms with Crippen LogP contribution in [0, 0.1) is 5.82 Å². The molecule has 0 radical (unpaired) electrons. The van der Waals surface area contributed by atoms with Crippen LogP contribution in [-0.4, -0.2) is 14.9 Å². The van der Waals surface area contributed by atoms with E-state index in [4.69, 9.17) is 0 Å². The molecule has 1 aromatic heterocycles. The Hall–Kier alpha value is -1.84. The molecule has 1 heterocycles. The van der Waals surface area contributed by atoms with E-state index in [1.165, 1.54) is 6.07 Å². The number of nitrogens with zero attached hydrogens (tertiary/aromatic N) is 2. The van der Waals surface area contributed by atoms with E-state index in [1.54, 1.807) is 16.9 Å². The summed E-state index contributed by atoms with van der Waals surface area (Å²) in [5.41, 5.74) is 1.41. The molecule has 0 fully saturated rings. The van der Waals surface area contributed by atoms with Crippen molar-refractivity contribution in [1.29, 1.82) is 0 Å². The molecule has 2 aromatic rings. The SMILES string of the molecule is CCCn1nccc1-c1ccc(F)cc1O. The number of phenolic OH excluding ortho intramolecular Hbond substituents is 1. The van der Waals surface area contributed by atoms with Gasteiger partial charge in [-0.15, -0.1) is 0 Å². The van der Waals surface area contributed by atoms with E-state index in [-0.39, 0.29) is 5.75 Å². The number of hydrogen-bond donors (Lipinski definition) is 1. The highest BCUT2D eigenvalue weighted by molar-refractivity contribution is 5.66. The number of aromatic hydroxyl groups is 1. The van der Waals surface area contributed by atoms with Gasteiger partial charge in [0.05, 0.1) is 5.69 Å². The second-order valence-corrected chi connectivity index (χ2v) is 3.60. The smallest absolute Gasteiger partial charge is 0.127 e. The summed E-state index contributed by atoms with van der Waals surface area (Å²) in [5, 5.41) is 13.8. The van der Waals surface area contributed by atoms with Crippen molar-refractivity contribution in [2.45, 2.75) is 19.9 Å². The van der Waals surface area contributed by atoms with Gasteiger partial charge in [-0.05, 0) is 24.6 Å². The predicted molar refractivity (Wildman–Crippen MR) is 59.6 cm³/mol. The molecule has 0 aliphatic heterocycles. The van der Waals surface area contributed by atoms with Gasteiger partial charge in [0.1, 0.15) is 11.6 Å². The summed E-state index contributed by atoms with van der Waals surface area (Å²) >= 11 is 0. The van der Waals surface area contributed by atoms with Crippen molar-refractivity contribution in [1.82, 2.24) is 9.78 Å². The van der Waals surface area contributed by atoms with Gasteiger partial charge in [0.15, 0.2) is 0 Å². The van der Waals surface area contributed by atoms with E-state index in [0.29, 0.717) is 5.56 Å². The van der Waals surface area contributed by atoms with Gasteiger partial charge in [-0.1, -0.05) is 6.92 Å². The van der Waals surface area contributed by atoms with E-state index >= 15 is 0 Å². The molecular weight excluding hydrogens is 207 g/mol. The van der Waals surface area contributed by atoms with Gasteiger partial charge in [-0.2, -0.15) is 5.10 Å². The minimum Gasteiger partial charge on any atom is -0.507 e. The monoisotopic (exact) mass is 220 g/mol. The number of benzene rings is 1. The van der Waals surface area contributed by atoms with Gasteiger partial charge in [0, 0.05) is 24.4 Å². The standard InChI is InChI=1S/C12H13FN2O/c1-2-7-15-11(5-6-14-15)10-4-3-9(13)8-12(10)16/h3-6,8,16H,2,7H2,1H3. The largest absolute Gasteiger partial charge is 0.507 e. The fraction of sp³-hybridized carbons (Fsp3) is 0.250. The first-order valence-electron chi connectivity index (χ1n) is 5.23. The van der Waals surface area contributed by atoms with Crippen molar-refractivity contribution >= 4 is 0 Å². The molecular formula is C12H13FN2O. The minimum atomic E-state index is -0.442. The Morgan fingerprint density at radius 3 is 2.88 bits per heavy atom. The molecule has 2 rings (SSSR count). The van der Waals surface area contributed by atoms with Crippen molar-refractivity contribution in [3.8, 4) is 17.0 Å². The molecule has 1 N–H and O–H groups in total. The lowest BCUT2D eigenvalue weighted by atomic mass is 10.1. The maximum atomic E-state index is 12.9. The molecule has 0 saturated carbocycles. The average molecular weight is 220 g/mol. The Morgan fingerprint density at radius 1 is 1.38 bits per heavy atom. The van der Waals surface area contributed by atoms with Crippen LogP contribution in [0.25, 0.3) is 11.3 Å². The van der Waals surface area contributed by atoms with Crippen LogP contribution < -0.4 is 0 Å². The van der Waals surface area contributed by atoms with Crippen LogP contribution in [0.2, 0.25) is 0 Å². The molecule has 0 aliphatic rings. The van der Waals surface area contributed by atoms with Crippen LogP contribution >= 0.6 is 0 Å². The molecule has 16 heavy (non-hydrogen) atoms. The fourth-order valence-corrected chi connectivity index (χ4v) is 1.67. The van der Waals surface area contributed by atoms with Crippen LogP contribution in [0.4, 0.5) is 4.39 Å². The van der Waals surface area contributed by atoms with Gasteiger partial charge in [-0.25, -0.2) is 4.39 Å². The van der Waals surface area contributed by atoms with Crippen molar-refractivity contribution in [2.24, 2.45) is 0 Å². The summed E-state index contributed by atoms with van der Waals surface area (Å²) in [4.78, 5) is 0. The second-order valence-electron chi connectivity index (χ2n) is 3.60. The number of rotatable bonds is 3. The van der Waals surface area contributed by atoms with Gasteiger partial charge >= 0.3 is 0 Å². The predicted octanol–water partition coefficient (Wildman–Crippen LogP) is 2.80. The summed E-state index contributed by atoms with van der Waals surface area (Å²) in [7, 11) is 0. The molecule has 4 heteroatoms. The molecule has 0 spiro atoms. The molecule has 0 atom stereocenters. The number of aryl methyl sites for hydroxylation is 1. The lowest BCUT2D eigenvalue weighted by Crippen LogP contribution is -2.01. The van der Waals surface area contributed by atoms with E-state index in [9.17, 15) is 9.50 Å². The van der Waals surface area contributed by atoms with Gasteiger partial charge < -0.3 is 5.11 Å². The first kappa shape index (κ1) is 10.7. The molecule has 0 aliphatic carbocycles. The van der Waals surface area contributed by atoms with E-state index in [2.05, 4.69) is 12.0 Å². The maximum absolute atomic E-state index is 12.9. The van der Waals surface area contributed by atoms with E-state index in [1.807, 2.05) is 6.07 Å². The summed E-state index contributed by atoms with van der Waals surface area (Å²) in [6.07, 6.45) is 2.63. The van der Waals surface area contributed by atoms with Crippen LogP contribution in [0.1, 0.15) is 13.3 Å². The fourth-order valence-electron chi connectivity index (χ4n) is 1.67. The lowest BCUT2D eigenvalue weighted by Gasteiger charge is -2.07. The lowest BCUT2D eigenvalue weighted by molar-refractivity contribution is 0.470. The van der Waals surface area contributed by atoms with Gasteiger partial charge in [0.25, 0.3) is 0 Å². The number of hydrogen-bond acceptors (Lipinski definition) is 2. The Labute approximate surface area is 93.2 Å². The first-order chi connectivity index (χ1) is 7.72. The van der Waals surface area contributed by atoms with Crippen molar-refractivity contribution in [3.05, 3.63) is 36.3 Å². The third-order valence-corrected chi connectivity index (χ3v) is 2.39. The normalized spacial score (nSPS) is 10.6. The zero-order valence-electron chi connectivity index (χ0n) is 9.02. The quantitative estimate of drug-likeness (QED) is 0.863. The Bertz CT molecular complexity index is 494. The van der Waals surface area contributed by atoms with Gasteiger partial charge in [0.2, 0.25) is 0 Å². The maximum Gasteiger partial charge on any atom is 0.127 e. The summed E-state index contributed by atoms with van der Waals surface area (Å²) in [6.45, 7) is 2.83. The molecule has 0 bridgehead atoms. The third kappa shape index (κ3) is 1.91. The Balaban J connectivity index is 2.46.